The first-order valence-electron chi connectivity index (χ1n) is 7.07. The van der Waals surface area contributed by atoms with Gasteiger partial charge in [-0.2, -0.15) is 0 Å². The molecule has 3 unspecified atom stereocenters. The van der Waals surface area contributed by atoms with E-state index in [1.807, 2.05) is 6.07 Å². The van der Waals surface area contributed by atoms with Gasteiger partial charge in [0.15, 0.2) is 0 Å². The summed E-state index contributed by atoms with van der Waals surface area (Å²) in [5.41, 5.74) is 0.788. The first kappa shape index (κ1) is 12.6. The quantitative estimate of drug-likeness (QED) is 0.764. The Labute approximate surface area is 114 Å². The normalized spacial score (nSPS) is 35.3. The maximum absolute atomic E-state index is 12.1. The van der Waals surface area contributed by atoms with E-state index in [4.69, 9.17) is 4.74 Å². The van der Waals surface area contributed by atoms with Crippen molar-refractivity contribution in [3.8, 4) is 0 Å². The summed E-state index contributed by atoms with van der Waals surface area (Å²) in [5.74, 6) is 0.397. The molecule has 2 saturated carbocycles. The average molecular weight is 259 g/mol. The van der Waals surface area contributed by atoms with Crippen LogP contribution in [-0.4, -0.2) is 17.1 Å². The van der Waals surface area contributed by atoms with E-state index in [2.05, 4.69) is 25.8 Å². The van der Waals surface area contributed by atoms with Crippen molar-refractivity contribution in [1.29, 1.82) is 0 Å². The van der Waals surface area contributed by atoms with Gasteiger partial charge in [-0.05, 0) is 42.7 Å². The summed E-state index contributed by atoms with van der Waals surface area (Å²) in [7, 11) is 0. The highest BCUT2D eigenvalue weighted by molar-refractivity contribution is 5.87. The van der Waals surface area contributed by atoms with Crippen LogP contribution in [0.2, 0.25) is 0 Å². The van der Waals surface area contributed by atoms with Gasteiger partial charge in [0, 0.05) is 11.6 Å². The highest BCUT2D eigenvalue weighted by atomic mass is 16.5. The number of esters is 1. The predicted molar refractivity (Wildman–Crippen MR) is 72.7 cm³/mol. The van der Waals surface area contributed by atoms with Gasteiger partial charge < -0.3 is 4.74 Å². The lowest BCUT2D eigenvalue weighted by Crippen LogP contribution is -2.38. The van der Waals surface area contributed by atoms with Crippen LogP contribution in [0.25, 0.3) is 0 Å². The van der Waals surface area contributed by atoms with Crippen LogP contribution in [-0.2, 0) is 4.74 Å². The summed E-state index contributed by atoms with van der Waals surface area (Å²) in [6, 6.07) is 5.33. The maximum atomic E-state index is 12.1. The fourth-order valence-electron chi connectivity index (χ4n) is 3.98. The summed E-state index contributed by atoms with van der Waals surface area (Å²) in [4.78, 5) is 16.2. The molecule has 1 heterocycles. The van der Waals surface area contributed by atoms with E-state index in [0.717, 1.165) is 12.8 Å². The van der Waals surface area contributed by atoms with Gasteiger partial charge in [-0.3, -0.25) is 0 Å². The van der Waals surface area contributed by atoms with Gasteiger partial charge in [-0.15, -0.1) is 0 Å². The highest BCUT2D eigenvalue weighted by Crippen LogP contribution is 2.66. The molecule has 2 fully saturated rings. The number of hydrogen-bond donors (Lipinski definition) is 0. The molecule has 0 N–H and O–H groups in total. The zero-order valence-electron chi connectivity index (χ0n) is 11.8. The average Bonchev–Trinajstić information content (AvgIpc) is 2.73. The van der Waals surface area contributed by atoms with E-state index in [9.17, 15) is 4.79 Å². The van der Waals surface area contributed by atoms with E-state index in [1.54, 1.807) is 18.3 Å². The standard InChI is InChI=1S/C16H21NO2/c1-15(2)11-7-8-16(15,3)13(10-11)19-14(18)12-6-4-5-9-17-12/h4-6,9,11,13H,7-8,10H2,1-3H3. The molecule has 19 heavy (non-hydrogen) atoms. The summed E-state index contributed by atoms with van der Waals surface area (Å²) in [6.45, 7) is 6.91. The smallest absolute Gasteiger partial charge is 0.357 e. The minimum absolute atomic E-state index is 0.0377. The zero-order chi connectivity index (χ0) is 13.7. The van der Waals surface area contributed by atoms with E-state index < -0.39 is 0 Å². The summed E-state index contributed by atoms with van der Waals surface area (Å²) in [5, 5.41) is 0. The molecule has 0 aliphatic heterocycles. The molecule has 3 atom stereocenters. The predicted octanol–water partition coefficient (Wildman–Crippen LogP) is 3.45. The van der Waals surface area contributed by atoms with Crippen molar-refractivity contribution in [3.63, 3.8) is 0 Å². The Morgan fingerprint density at radius 2 is 2.16 bits per heavy atom. The van der Waals surface area contributed by atoms with E-state index in [-0.39, 0.29) is 22.9 Å². The minimum Gasteiger partial charge on any atom is -0.457 e. The monoisotopic (exact) mass is 259 g/mol. The lowest BCUT2D eigenvalue weighted by atomic mass is 9.70. The first-order valence-corrected chi connectivity index (χ1v) is 7.07. The van der Waals surface area contributed by atoms with Crippen molar-refractivity contribution in [3.05, 3.63) is 30.1 Å². The molecule has 0 aromatic carbocycles. The third-order valence-corrected chi connectivity index (χ3v) is 5.84. The van der Waals surface area contributed by atoms with Crippen LogP contribution >= 0.6 is 0 Å². The topological polar surface area (TPSA) is 39.2 Å². The second-order valence-corrected chi connectivity index (χ2v) is 6.72. The lowest BCUT2D eigenvalue weighted by Gasteiger charge is -2.38. The van der Waals surface area contributed by atoms with Crippen LogP contribution in [0.15, 0.2) is 24.4 Å². The van der Waals surface area contributed by atoms with Gasteiger partial charge in [0.25, 0.3) is 0 Å². The van der Waals surface area contributed by atoms with Crippen molar-refractivity contribution < 1.29 is 9.53 Å². The summed E-state index contributed by atoms with van der Waals surface area (Å²) < 4.78 is 5.77. The molecule has 2 bridgehead atoms. The van der Waals surface area contributed by atoms with E-state index >= 15 is 0 Å². The Bertz CT molecular complexity index is 497. The first-order chi connectivity index (χ1) is 8.95. The van der Waals surface area contributed by atoms with Gasteiger partial charge in [0.05, 0.1) is 0 Å². The minimum atomic E-state index is -0.282. The van der Waals surface area contributed by atoms with E-state index in [1.165, 1.54) is 6.42 Å². The van der Waals surface area contributed by atoms with Crippen molar-refractivity contribution in [1.82, 2.24) is 4.98 Å². The molecule has 0 radical (unpaired) electrons. The van der Waals surface area contributed by atoms with Crippen molar-refractivity contribution in [2.24, 2.45) is 16.7 Å². The van der Waals surface area contributed by atoms with Crippen molar-refractivity contribution in [2.75, 3.05) is 0 Å². The largest absolute Gasteiger partial charge is 0.457 e. The number of carbonyl (C=O) groups is 1. The molecule has 102 valence electrons. The van der Waals surface area contributed by atoms with Crippen LogP contribution in [0.4, 0.5) is 0 Å². The molecule has 2 aliphatic carbocycles. The number of hydrogen-bond acceptors (Lipinski definition) is 3. The molecule has 3 heteroatoms. The second-order valence-electron chi connectivity index (χ2n) is 6.72. The Hall–Kier alpha value is -1.38. The number of fused-ring (bicyclic) bond motifs is 2. The van der Waals surface area contributed by atoms with Crippen molar-refractivity contribution >= 4 is 5.97 Å². The Morgan fingerprint density at radius 1 is 1.37 bits per heavy atom. The molecule has 0 spiro atoms. The fourth-order valence-corrected chi connectivity index (χ4v) is 3.98. The SMILES string of the molecule is CC1(C)C2CCC1(C)C(OC(=O)c1ccccn1)C2. The highest BCUT2D eigenvalue weighted by Gasteiger charge is 2.62. The van der Waals surface area contributed by atoms with Crippen LogP contribution < -0.4 is 0 Å². The number of nitrogens with zero attached hydrogens (tertiary/aromatic N) is 1. The number of carbonyl (C=O) groups excluding carboxylic acids is 1. The second kappa shape index (κ2) is 4.06. The summed E-state index contributed by atoms with van der Waals surface area (Å²) in [6.07, 6.45) is 5.09. The summed E-state index contributed by atoms with van der Waals surface area (Å²) >= 11 is 0. The molecule has 0 saturated heterocycles. The van der Waals surface area contributed by atoms with Crippen LogP contribution in [0.3, 0.4) is 0 Å². The van der Waals surface area contributed by atoms with Crippen LogP contribution in [0.1, 0.15) is 50.5 Å². The zero-order valence-corrected chi connectivity index (χ0v) is 11.8. The van der Waals surface area contributed by atoms with E-state index in [0.29, 0.717) is 11.6 Å². The number of pyridine rings is 1. The third kappa shape index (κ3) is 1.71. The molecule has 0 amide bonds. The lowest BCUT2D eigenvalue weighted by molar-refractivity contribution is -0.0247. The number of aromatic nitrogens is 1. The fraction of sp³-hybridized carbons (Fsp3) is 0.625. The molecule has 1 aromatic heterocycles. The van der Waals surface area contributed by atoms with Gasteiger partial charge in [0.2, 0.25) is 0 Å². The molecular formula is C16H21NO2. The van der Waals surface area contributed by atoms with Gasteiger partial charge in [-0.1, -0.05) is 26.8 Å². The van der Waals surface area contributed by atoms with Gasteiger partial charge in [-0.25, -0.2) is 9.78 Å². The number of ether oxygens (including phenoxy) is 1. The van der Waals surface area contributed by atoms with Crippen LogP contribution in [0, 0.1) is 16.7 Å². The Kier molecular flexibility index (Phi) is 2.70. The molecule has 2 aliphatic rings. The molecule has 3 rings (SSSR count). The molecule has 3 nitrogen and oxygen atoms in total. The Morgan fingerprint density at radius 3 is 2.68 bits per heavy atom. The van der Waals surface area contributed by atoms with Gasteiger partial charge >= 0.3 is 5.97 Å². The van der Waals surface area contributed by atoms with Crippen molar-refractivity contribution in [2.45, 2.75) is 46.1 Å². The number of rotatable bonds is 2. The molecular weight excluding hydrogens is 238 g/mol. The van der Waals surface area contributed by atoms with Gasteiger partial charge in [0.1, 0.15) is 11.8 Å². The molecule has 1 aromatic rings. The Balaban J connectivity index is 1.78. The maximum Gasteiger partial charge on any atom is 0.357 e. The van der Waals surface area contributed by atoms with Crippen LogP contribution in [0.5, 0.6) is 0 Å². The third-order valence-electron chi connectivity index (χ3n) is 5.84.